The predicted octanol–water partition coefficient (Wildman–Crippen LogP) is 4.94. The number of fused-ring (bicyclic) bond motifs is 1. The zero-order chi connectivity index (χ0) is 33.9. The fraction of sp³-hybridized carbons (Fsp3) is 0.543. The summed E-state index contributed by atoms with van der Waals surface area (Å²) in [5, 5.41) is 19.8. The quantitative estimate of drug-likeness (QED) is 0.111. The van der Waals surface area contributed by atoms with Gasteiger partial charge in [-0.05, 0) is 55.9 Å². The summed E-state index contributed by atoms with van der Waals surface area (Å²) in [5.74, 6) is 1.82. The Bertz CT molecular complexity index is 1510. The number of anilines is 2. The summed E-state index contributed by atoms with van der Waals surface area (Å²) in [6.45, 7) is 2.35. The Kier molecular flexibility index (Phi) is 15.0. The second kappa shape index (κ2) is 19.1. The molecule has 2 fully saturated rings. The number of nitrogens with one attached hydrogen (secondary N) is 3. The molecular formula is C35H47N7O6Ru. The molecule has 4 unspecified atom stereocenters. The van der Waals surface area contributed by atoms with Crippen LogP contribution in [0.2, 0.25) is 0 Å². The number of nitrogens with zero attached hydrogens (tertiary/aromatic N) is 4. The normalized spacial score (nSPS) is 20.7. The minimum Gasteiger partial charge on any atom is -0.660 e. The fourth-order valence-corrected chi connectivity index (χ4v) is 6.47. The Morgan fingerprint density at radius 1 is 0.857 bits per heavy atom. The molecule has 2 aliphatic heterocycles. The average Bonchev–Trinajstić information content (AvgIpc) is 3.13. The van der Waals surface area contributed by atoms with Crippen molar-refractivity contribution < 1.29 is 48.0 Å². The fourth-order valence-electron chi connectivity index (χ4n) is 6.47. The van der Waals surface area contributed by atoms with Gasteiger partial charge < -0.3 is 45.5 Å². The number of rotatable bonds is 15. The minimum atomic E-state index is -0.211. The first-order valence-electron chi connectivity index (χ1n) is 16.6. The molecule has 49 heavy (non-hydrogen) atoms. The van der Waals surface area contributed by atoms with Gasteiger partial charge in [-0.3, -0.25) is 9.59 Å². The number of carbonyl (C=O) groups excluding carboxylic acids is 2. The Labute approximate surface area is 301 Å². The Hall–Kier alpha value is -3.42. The molecule has 14 heteroatoms. The predicted molar refractivity (Wildman–Crippen MR) is 184 cm³/mol. The van der Waals surface area contributed by atoms with Crippen LogP contribution in [-0.4, -0.2) is 94.8 Å². The van der Waals surface area contributed by atoms with E-state index in [0.717, 1.165) is 50.5 Å². The maximum atomic E-state index is 12.9. The van der Waals surface area contributed by atoms with Crippen LogP contribution in [0.15, 0.2) is 42.7 Å². The first kappa shape index (κ1) is 38.4. The molecule has 3 heterocycles. The molecule has 2 saturated heterocycles. The zero-order valence-corrected chi connectivity index (χ0v) is 30.3. The van der Waals surface area contributed by atoms with E-state index >= 15 is 0 Å². The van der Waals surface area contributed by atoms with Crippen molar-refractivity contribution in [2.75, 3.05) is 59.9 Å². The van der Waals surface area contributed by atoms with Gasteiger partial charge in [-0.15, -0.1) is 13.1 Å². The Morgan fingerprint density at radius 2 is 1.55 bits per heavy atom. The van der Waals surface area contributed by atoms with Crippen LogP contribution in [0.1, 0.15) is 48.9 Å². The molecule has 5 rings (SSSR count). The van der Waals surface area contributed by atoms with Crippen molar-refractivity contribution in [2.24, 2.45) is 11.8 Å². The Morgan fingerprint density at radius 3 is 2.20 bits per heavy atom. The van der Waals surface area contributed by atoms with E-state index in [2.05, 4.69) is 25.9 Å². The van der Waals surface area contributed by atoms with E-state index in [1.165, 1.54) is 6.33 Å². The van der Waals surface area contributed by atoms with Crippen molar-refractivity contribution in [2.45, 2.75) is 56.9 Å². The molecule has 13 nitrogen and oxygen atoms in total. The smallest absolute Gasteiger partial charge is 0.660 e. The largest absolute Gasteiger partial charge is 2.00 e. The minimum absolute atomic E-state index is 0. The molecule has 0 bridgehead atoms. The number of ether oxygens (including phenoxy) is 4. The molecule has 0 spiro atoms. The van der Waals surface area contributed by atoms with Crippen LogP contribution < -0.4 is 25.4 Å². The monoisotopic (exact) mass is 763 g/mol. The standard InChI is InChI=1S/C35H47N7O6.Ru/c1-45-30-17-26-29(18-31(30)46-2)40-21-41-32(26)42-25-9-7-8-22(16-25)33(43)36-14-5-6-15-37-34(44)23-10-12-27(38-19-23)28-13-11-24(20-39-28)35(47-3)48-4;/h7-9,16-18,21,23-24,27-28,35H,5-6,10-15,19-20H2,1-4H3,(H,36,43)(H,37,44)(H,40,41,42);/q-2;+2. The number of aromatic nitrogens is 2. The number of unbranched alkanes of at least 4 members (excludes halogenated alkanes) is 1. The number of hydrogen-bond acceptors (Lipinski definition) is 9. The van der Waals surface area contributed by atoms with Crippen LogP contribution in [0.25, 0.3) is 21.5 Å². The molecular weight excluding hydrogens is 715 g/mol. The molecule has 1 aromatic heterocycles. The van der Waals surface area contributed by atoms with Crippen molar-refractivity contribution in [1.82, 2.24) is 20.6 Å². The summed E-state index contributed by atoms with van der Waals surface area (Å²) in [4.78, 5) is 34.4. The van der Waals surface area contributed by atoms with E-state index in [-0.39, 0.29) is 61.5 Å². The first-order chi connectivity index (χ1) is 23.4. The van der Waals surface area contributed by atoms with Crippen LogP contribution in [0, 0.1) is 11.8 Å². The molecule has 3 N–H and O–H groups in total. The SMILES string of the molecule is COc1cc2ncnc(Nc3cccc(C(=O)NCCCCNC(=O)C4CCC(C5CCC(C(OC)OC)C[N-]5)[N-]C4)c3)c2cc1OC.[Ru+2]. The number of amides is 2. The van der Waals surface area contributed by atoms with Crippen molar-refractivity contribution in [1.29, 1.82) is 0 Å². The molecule has 266 valence electrons. The molecule has 0 radical (unpaired) electrons. The zero-order valence-electron chi connectivity index (χ0n) is 28.6. The van der Waals surface area contributed by atoms with E-state index in [0.29, 0.717) is 53.7 Å². The van der Waals surface area contributed by atoms with Gasteiger partial charge in [0.15, 0.2) is 17.8 Å². The van der Waals surface area contributed by atoms with E-state index in [9.17, 15) is 9.59 Å². The van der Waals surface area contributed by atoms with Gasteiger partial charge in [0.2, 0.25) is 5.91 Å². The van der Waals surface area contributed by atoms with Gasteiger partial charge >= 0.3 is 19.5 Å². The second-order valence-electron chi connectivity index (χ2n) is 12.2. The van der Waals surface area contributed by atoms with E-state index in [1.807, 2.05) is 18.2 Å². The number of methoxy groups -OCH3 is 4. The van der Waals surface area contributed by atoms with Gasteiger partial charge in [0.25, 0.3) is 5.91 Å². The third-order valence-electron chi connectivity index (χ3n) is 9.16. The molecule has 0 saturated carbocycles. The second-order valence-corrected chi connectivity index (χ2v) is 12.2. The summed E-state index contributed by atoms with van der Waals surface area (Å²) in [5.41, 5.74) is 1.94. The van der Waals surface area contributed by atoms with Crippen LogP contribution in [0.5, 0.6) is 11.5 Å². The van der Waals surface area contributed by atoms with E-state index < -0.39 is 0 Å². The van der Waals surface area contributed by atoms with Crippen LogP contribution in [0.3, 0.4) is 0 Å². The summed E-state index contributed by atoms with van der Waals surface area (Å²) < 4.78 is 21.6. The maximum Gasteiger partial charge on any atom is 2.00 e. The topological polar surface area (TPSA) is 161 Å². The van der Waals surface area contributed by atoms with E-state index in [1.54, 1.807) is 46.6 Å². The third-order valence-corrected chi connectivity index (χ3v) is 9.16. The van der Waals surface area contributed by atoms with Gasteiger partial charge in [0, 0.05) is 55.9 Å². The molecule has 2 aromatic carbocycles. The maximum absolute atomic E-state index is 12.9. The Balaban J connectivity index is 0.00000541. The summed E-state index contributed by atoms with van der Waals surface area (Å²) in [7, 11) is 6.49. The van der Waals surface area contributed by atoms with Gasteiger partial charge in [-0.2, -0.15) is 12.1 Å². The summed E-state index contributed by atoms with van der Waals surface area (Å²) in [6.07, 6.45) is 6.47. The molecule has 3 aromatic rings. The van der Waals surface area contributed by atoms with Gasteiger partial charge in [-0.25, -0.2) is 9.97 Å². The van der Waals surface area contributed by atoms with Crippen molar-refractivity contribution in [3.63, 3.8) is 0 Å². The van der Waals surface area contributed by atoms with Crippen molar-refractivity contribution in [3.05, 3.63) is 58.9 Å². The van der Waals surface area contributed by atoms with Crippen LogP contribution >= 0.6 is 0 Å². The number of hydrogen-bond donors (Lipinski definition) is 3. The van der Waals surface area contributed by atoms with Gasteiger partial charge in [0.1, 0.15) is 12.1 Å². The molecule has 2 aliphatic rings. The number of carbonyl (C=O) groups is 2. The van der Waals surface area contributed by atoms with E-state index in [4.69, 9.17) is 29.6 Å². The first-order valence-corrected chi connectivity index (χ1v) is 16.6. The third kappa shape index (κ3) is 10.1. The van der Waals surface area contributed by atoms with Crippen molar-refractivity contribution >= 4 is 34.2 Å². The van der Waals surface area contributed by atoms with Crippen LogP contribution in [-0.2, 0) is 33.7 Å². The number of piperidine rings is 2. The summed E-state index contributed by atoms with van der Waals surface area (Å²) >= 11 is 0. The van der Waals surface area contributed by atoms with Crippen molar-refractivity contribution in [3.8, 4) is 11.5 Å². The summed E-state index contributed by atoms with van der Waals surface area (Å²) in [6, 6.07) is 11.3. The van der Waals surface area contributed by atoms with Gasteiger partial charge in [-0.1, -0.05) is 18.9 Å². The molecule has 2 amide bonds. The van der Waals surface area contributed by atoms with Gasteiger partial charge in [0.05, 0.1) is 19.7 Å². The number of benzene rings is 2. The average molecular weight is 763 g/mol. The molecule has 0 aliphatic carbocycles. The van der Waals surface area contributed by atoms with Crippen LogP contribution in [0.4, 0.5) is 11.5 Å². The molecule has 4 atom stereocenters.